The maximum Gasteiger partial charge on any atom is 0.226 e. The fourth-order valence-electron chi connectivity index (χ4n) is 3.24. The van der Waals surface area contributed by atoms with Crippen LogP contribution in [0.5, 0.6) is 5.75 Å². The molecule has 2 aromatic heterocycles. The molecule has 0 bridgehead atoms. The summed E-state index contributed by atoms with van der Waals surface area (Å²) in [5.74, 6) is 1.89. The molecule has 2 N–H and O–H groups in total. The lowest BCUT2D eigenvalue weighted by Crippen LogP contribution is -2.23. The minimum atomic E-state index is -0.237. The molecular formula is C19H20N4O3. The molecule has 1 amide bonds. The van der Waals surface area contributed by atoms with E-state index in [0.717, 1.165) is 28.3 Å². The van der Waals surface area contributed by atoms with Gasteiger partial charge in [-0.15, -0.1) is 0 Å². The van der Waals surface area contributed by atoms with Gasteiger partial charge >= 0.3 is 0 Å². The summed E-state index contributed by atoms with van der Waals surface area (Å²) in [5, 5.41) is 14.3. The van der Waals surface area contributed by atoms with E-state index in [9.17, 15) is 4.79 Å². The quantitative estimate of drug-likeness (QED) is 0.747. The van der Waals surface area contributed by atoms with E-state index in [1.54, 1.807) is 7.11 Å². The second kappa shape index (κ2) is 6.33. The van der Waals surface area contributed by atoms with Gasteiger partial charge in [-0.25, -0.2) is 0 Å². The van der Waals surface area contributed by atoms with Gasteiger partial charge in [-0.3, -0.25) is 9.89 Å². The third kappa shape index (κ3) is 2.75. The molecule has 0 unspecified atom stereocenters. The first kappa shape index (κ1) is 16.4. The largest absolute Gasteiger partial charge is 0.497 e. The van der Waals surface area contributed by atoms with Gasteiger partial charge in [0.05, 0.1) is 24.4 Å². The second-order valence-corrected chi connectivity index (χ2v) is 6.71. The van der Waals surface area contributed by atoms with Crippen LogP contribution in [0.2, 0.25) is 0 Å². The number of nitrogens with zero attached hydrogens (tertiary/aromatic N) is 2. The van der Waals surface area contributed by atoms with Crippen molar-refractivity contribution in [2.45, 2.75) is 32.1 Å². The third-order valence-corrected chi connectivity index (χ3v) is 4.64. The Morgan fingerprint density at radius 3 is 2.88 bits per heavy atom. The minimum Gasteiger partial charge on any atom is -0.497 e. The van der Waals surface area contributed by atoms with Crippen molar-refractivity contribution >= 4 is 11.7 Å². The summed E-state index contributed by atoms with van der Waals surface area (Å²) in [6, 6.07) is 9.64. The van der Waals surface area contributed by atoms with Crippen molar-refractivity contribution in [1.29, 1.82) is 0 Å². The van der Waals surface area contributed by atoms with Crippen molar-refractivity contribution in [2.75, 3.05) is 12.4 Å². The minimum absolute atomic E-state index is 0.0892. The number of anilines is 1. The van der Waals surface area contributed by atoms with Gasteiger partial charge in [0.15, 0.2) is 5.82 Å². The number of rotatable bonds is 4. The Balaban J connectivity index is 1.82. The number of fused-ring (bicyclic) bond motifs is 1. The van der Waals surface area contributed by atoms with Crippen LogP contribution < -0.4 is 10.1 Å². The fourth-order valence-corrected chi connectivity index (χ4v) is 3.24. The Morgan fingerprint density at radius 1 is 1.31 bits per heavy atom. The number of amides is 1. The maximum atomic E-state index is 12.1. The zero-order chi connectivity index (χ0) is 18.3. The lowest BCUT2D eigenvalue weighted by atomic mass is 9.87. The van der Waals surface area contributed by atoms with E-state index in [-0.39, 0.29) is 24.2 Å². The number of nitrogens with one attached hydrogen (secondary N) is 2. The van der Waals surface area contributed by atoms with Crippen LogP contribution in [0.3, 0.4) is 0 Å². The van der Waals surface area contributed by atoms with Gasteiger partial charge in [-0.05, 0) is 18.1 Å². The van der Waals surface area contributed by atoms with Crippen molar-refractivity contribution in [3.63, 3.8) is 0 Å². The Kier molecular flexibility index (Phi) is 3.99. The Labute approximate surface area is 150 Å². The van der Waals surface area contributed by atoms with Gasteiger partial charge in [-0.2, -0.15) is 5.10 Å². The van der Waals surface area contributed by atoms with E-state index in [4.69, 9.17) is 9.26 Å². The van der Waals surface area contributed by atoms with Crippen molar-refractivity contribution < 1.29 is 14.1 Å². The summed E-state index contributed by atoms with van der Waals surface area (Å²) >= 11 is 0. The first-order valence-corrected chi connectivity index (χ1v) is 8.56. The highest BCUT2D eigenvalue weighted by atomic mass is 16.5. The summed E-state index contributed by atoms with van der Waals surface area (Å²) in [4.78, 5) is 12.1. The summed E-state index contributed by atoms with van der Waals surface area (Å²) in [6.45, 7) is 4.11. The van der Waals surface area contributed by atoms with Crippen LogP contribution in [0.1, 0.15) is 49.1 Å². The van der Waals surface area contributed by atoms with E-state index in [0.29, 0.717) is 11.6 Å². The lowest BCUT2D eigenvalue weighted by Gasteiger charge is -2.21. The number of H-pyrrole nitrogens is 1. The SMILES string of the molecule is COc1cccc(-c2[nH]nc3c2[C@H](c2cc(C(C)C)no2)CC(=O)N3)c1. The average Bonchev–Trinajstić information content (AvgIpc) is 3.28. The number of aromatic amines is 1. The third-order valence-electron chi connectivity index (χ3n) is 4.64. The van der Waals surface area contributed by atoms with Crippen LogP contribution in [0.4, 0.5) is 5.82 Å². The molecule has 1 aliphatic heterocycles. The second-order valence-electron chi connectivity index (χ2n) is 6.71. The van der Waals surface area contributed by atoms with E-state index >= 15 is 0 Å². The number of carbonyl (C=O) groups is 1. The average molecular weight is 352 g/mol. The predicted octanol–water partition coefficient (Wildman–Crippen LogP) is 3.67. The van der Waals surface area contributed by atoms with Crippen LogP contribution in [0.15, 0.2) is 34.9 Å². The summed E-state index contributed by atoms with van der Waals surface area (Å²) < 4.78 is 10.9. The highest BCUT2D eigenvalue weighted by Crippen LogP contribution is 2.42. The van der Waals surface area contributed by atoms with Crippen molar-refractivity contribution in [2.24, 2.45) is 0 Å². The standard InChI is InChI=1S/C19H20N4O3/c1-10(2)14-9-15(26-23-14)13-8-16(24)20-19-17(13)18(21-22-19)11-5-4-6-12(7-11)25-3/h4-7,9-10,13H,8H2,1-3H3,(H2,20,21,22,24)/t13-/m0/s1. The van der Waals surface area contributed by atoms with E-state index in [1.165, 1.54) is 0 Å². The fraction of sp³-hybridized carbons (Fsp3) is 0.316. The molecule has 0 radical (unpaired) electrons. The molecule has 0 fully saturated rings. The van der Waals surface area contributed by atoms with Crippen LogP contribution >= 0.6 is 0 Å². The molecule has 1 aromatic carbocycles. The summed E-state index contributed by atoms with van der Waals surface area (Å²) in [5.41, 5.74) is 3.55. The molecular weight excluding hydrogens is 332 g/mol. The number of methoxy groups -OCH3 is 1. The summed E-state index contributed by atoms with van der Waals surface area (Å²) in [7, 11) is 1.63. The van der Waals surface area contributed by atoms with Crippen molar-refractivity contribution in [3.05, 3.63) is 47.3 Å². The number of carbonyl (C=O) groups excluding carboxylic acids is 1. The highest BCUT2D eigenvalue weighted by Gasteiger charge is 2.34. The molecule has 1 aliphatic rings. The van der Waals surface area contributed by atoms with Gasteiger partial charge in [0, 0.05) is 23.6 Å². The molecule has 0 aliphatic carbocycles. The first-order valence-electron chi connectivity index (χ1n) is 8.56. The zero-order valence-corrected chi connectivity index (χ0v) is 14.9. The molecule has 4 rings (SSSR count). The number of ether oxygens (including phenoxy) is 1. The molecule has 1 atom stereocenters. The highest BCUT2D eigenvalue weighted by molar-refractivity contribution is 5.95. The molecule has 0 saturated heterocycles. The van der Waals surface area contributed by atoms with Crippen LogP contribution in [0.25, 0.3) is 11.3 Å². The number of hydrogen-bond acceptors (Lipinski definition) is 5. The zero-order valence-electron chi connectivity index (χ0n) is 14.9. The Bertz CT molecular complexity index is 957. The molecule has 0 saturated carbocycles. The number of aromatic nitrogens is 3. The Morgan fingerprint density at radius 2 is 2.15 bits per heavy atom. The first-order chi connectivity index (χ1) is 12.6. The smallest absolute Gasteiger partial charge is 0.226 e. The van der Waals surface area contributed by atoms with Crippen molar-refractivity contribution in [3.8, 4) is 17.0 Å². The van der Waals surface area contributed by atoms with Gasteiger partial charge in [0.25, 0.3) is 0 Å². The normalized spacial score (nSPS) is 16.5. The summed E-state index contributed by atoms with van der Waals surface area (Å²) in [6.07, 6.45) is 0.288. The molecule has 7 nitrogen and oxygen atoms in total. The molecule has 3 heterocycles. The van der Waals surface area contributed by atoms with Gasteiger partial charge in [0.2, 0.25) is 5.91 Å². The van der Waals surface area contributed by atoms with E-state index in [2.05, 4.69) is 34.5 Å². The number of benzene rings is 1. The topological polar surface area (TPSA) is 93.0 Å². The molecule has 7 heteroatoms. The maximum absolute atomic E-state index is 12.1. The molecule has 26 heavy (non-hydrogen) atoms. The van der Waals surface area contributed by atoms with Gasteiger partial charge in [0.1, 0.15) is 11.5 Å². The van der Waals surface area contributed by atoms with E-state index in [1.807, 2.05) is 30.3 Å². The van der Waals surface area contributed by atoms with Crippen LogP contribution in [-0.2, 0) is 4.79 Å². The van der Waals surface area contributed by atoms with Gasteiger partial charge < -0.3 is 14.6 Å². The van der Waals surface area contributed by atoms with Crippen LogP contribution in [-0.4, -0.2) is 28.4 Å². The lowest BCUT2D eigenvalue weighted by molar-refractivity contribution is -0.116. The monoisotopic (exact) mass is 352 g/mol. The van der Waals surface area contributed by atoms with Gasteiger partial charge in [-0.1, -0.05) is 31.1 Å². The molecule has 0 spiro atoms. The van der Waals surface area contributed by atoms with Crippen LogP contribution in [0, 0.1) is 0 Å². The molecule has 134 valence electrons. The Hall–Kier alpha value is -3.09. The molecule has 3 aromatic rings. The van der Waals surface area contributed by atoms with Crippen molar-refractivity contribution in [1.82, 2.24) is 15.4 Å². The number of hydrogen-bond donors (Lipinski definition) is 2. The predicted molar refractivity (Wildman–Crippen MR) is 96.3 cm³/mol. The van der Waals surface area contributed by atoms with E-state index < -0.39 is 0 Å².